The molecule has 1 aromatic rings. The third kappa shape index (κ3) is 4.96. The zero-order chi connectivity index (χ0) is 13.6. The van der Waals surface area contributed by atoms with Crippen LogP contribution in [-0.2, 0) is 0 Å². The molecule has 0 saturated carbocycles. The highest BCUT2D eigenvalue weighted by Gasteiger charge is 2.16. The second kappa shape index (κ2) is 6.64. The molecule has 0 heterocycles. The van der Waals surface area contributed by atoms with Crippen molar-refractivity contribution in [3.8, 4) is 5.75 Å². The molecule has 3 nitrogen and oxygen atoms in total. The Labute approximate surface area is 110 Å². The van der Waals surface area contributed by atoms with Crippen LogP contribution in [0.2, 0.25) is 0 Å². The molecule has 1 aromatic carbocycles. The lowest BCUT2D eigenvalue weighted by Crippen LogP contribution is -2.32. The van der Waals surface area contributed by atoms with E-state index < -0.39 is 5.60 Å². The minimum absolute atomic E-state index is 0.221. The molecular weight excluding hydrogens is 226 g/mol. The molecule has 0 aliphatic carbocycles. The molecule has 2 N–H and O–H groups in total. The molecule has 18 heavy (non-hydrogen) atoms. The molecular formula is C15H25NO2. The molecule has 0 radical (unpaired) electrons. The summed E-state index contributed by atoms with van der Waals surface area (Å²) in [6.45, 7) is 8.51. The molecule has 102 valence electrons. The Morgan fingerprint density at radius 2 is 2.11 bits per heavy atom. The standard InChI is InChI=1S/C15H25NO2/c1-5-12(3)18-14-9-7-8-13(10-14)16-11-15(4,17)6-2/h7-10,12,16-17H,5-6,11H2,1-4H3. The van der Waals surface area contributed by atoms with E-state index in [1.54, 1.807) is 0 Å². The van der Waals surface area contributed by atoms with Gasteiger partial charge in [0.25, 0.3) is 0 Å². The van der Waals surface area contributed by atoms with E-state index in [1.807, 2.05) is 38.1 Å². The number of hydrogen-bond donors (Lipinski definition) is 2. The van der Waals surface area contributed by atoms with Gasteiger partial charge in [-0.05, 0) is 38.8 Å². The average Bonchev–Trinajstić information content (AvgIpc) is 2.37. The van der Waals surface area contributed by atoms with Gasteiger partial charge < -0.3 is 15.2 Å². The van der Waals surface area contributed by atoms with Gasteiger partial charge in [-0.1, -0.05) is 19.9 Å². The van der Waals surface area contributed by atoms with Crippen molar-refractivity contribution in [1.82, 2.24) is 0 Å². The second-order valence-electron chi connectivity index (χ2n) is 5.07. The van der Waals surface area contributed by atoms with E-state index >= 15 is 0 Å². The van der Waals surface area contributed by atoms with Crippen LogP contribution in [0.1, 0.15) is 40.5 Å². The van der Waals surface area contributed by atoms with E-state index in [9.17, 15) is 5.11 Å². The summed E-state index contributed by atoms with van der Waals surface area (Å²) in [5.41, 5.74) is 0.303. The molecule has 0 fully saturated rings. The quantitative estimate of drug-likeness (QED) is 0.780. The number of benzene rings is 1. The van der Waals surface area contributed by atoms with Gasteiger partial charge in [-0.2, -0.15) is 0 Å². The molecule has 0 aliphatic rings. The highest BCUT2D eigenvalue weighted by atomic mass is 16.5. The van der Waals surface area contributed by atoms with Gasteiger partial charge in [-0.25, -0.2) is 0 Å². The summed E-state index contributed by atoms with van der Waals surface area (Å²) in [6, 6.07) is 7.86. The van der Waals surface area contributed by atoms with E-state index in [0.29, 0.717) is 6.54 Å². The lowest BCUT2D eigenvalue weighted by Gasteiger charge is -2.22. The molecule has 3 heteroatoms. The molecule has 2 atom stereocenters. The van der Waals surface area contributed by atoms with Crippen molar-refractivity contribution in [1.29, 1.82) is 0 Å². The predicted molar refractivity (Wildman–Crippen MR) is 76.2 cm³/mol. The monoisotopic (exact) mass is 251 g/mol. The predicted octanol–water partition coefficient (Wildman–Crippen LogP) is 3.44. The maximum Gasteiger partial charge on any atom is 0.121 e. The molecule has 0 aromatic heterocycles. The molecule has 0 saturated heterocycles. The summed E-state index contributed by atoms with van der Waals surface area (Å²) < 4.78 is 5.76. The fourth-order valence-electron chi connectivity index (χ4n) is 1.41. The Hall–Kier alpha value is -1.22. The van der Waals surface area contributed by atoms with Crippen LogP contribution < -0.4 is 10.1 Å². The number of hydrogen-bond acceptors (Lipinski definition) is 3. The molecule has 1 rings (SSSR count). The number of ether oxygens (including phenoxy) is 1. The van der Waals surface area contributed by atoms with Gasteiger partial charge in [0, 0.05) is 18.3 Å². The number of anilines is 1. The van der Waals surface area contributed by atoms with Crippen molar-refractivity contribution in [3.05, 3.63) is 24.3 Å². The summed E-state index contributed by atoms with van der Waals surface area (Å²) in [5, 5.41) is 13.2. The maximum atomic E-state index is 9.94. The van der Waals surface area contributed by atoms with E-state index in [0.717, 1.165) is 24.3 Å². The van der Waals surface area contributed by atoms with E-state index in [4.69, 9.17) is 4.74 Å². The SMILES string of the molecule is CCC(C)Oc1cccc(NCC(C)(O)CC)c1. The molecule has 2 unspecified atom stereocenters. The molecule has 0 aliphatic heterocycles. The van der Waals surface area contributed by atoms with Crippen molar-refractivity contribution < 1.29 is 9.84 Å². The van der Waals surface area contributed by atoms with E-state index in [-0.39, 0.29) is 6.10 Å². The van der Waals surface area contributed by atoms with Crippen molar-refractivity contribution in [2.75, 3.05) is 11.9 Å². The molecule has 0 spiro atoms. The third-order valence-corrected chi connectivity index (χ3v) is 3.18. The van der Waals surface area contributed by atoms with Crippen LogP contribution >= 0.6 is 0 Å². The lowest BCUT2D eigenvalue weighted by atomic mass is 10.0. The zero-order valence-corrected chi connectivity index (χ0v) is 11.9. The van der Waals surface area contributed by atoms with Gasteiger partial charge in [0.15, 0.2) is 0 Å². The average molecular weight is 251 g/mol. The van der Waals surface area contributed by atoms with Gasteiger partial charge in [0.1, 0.15) is 5.75 Å². The first-order chi connectivity index (χ1) is 8.46. The largest absolute Gasteiger partial charge is 0.491 e. The van der Waals surface area contributed by atoms with Crippen LogP contribution in [0.25, 0.3) is 0 Å². The number of aliphatic hydroxyl groups is 1. The van der Waals surface area contributed by atoms with Crippen molar-refractivity contribution in [2.24, 2.45) is 0 Å². The third-order valence-electron chi connectivity index (χ3n) is 3.18. The number of rotatable bonds is 7. The van der Waals surface area contributed by atoms with Gasteiger partial charge in [-0.15, -0.1) is 0 Å². The second-order valence-corrected chi connectivity index (χ2v) is 5.07. The first kappa shape index (κ1) is 14.8. The van der Waals surface area contributed by atoms with Crippen molar-refractivity contribution in [2.45, 2.75) is 52.2 Å². The molecule has 0 bridgehead atoms. The van der Waals surface area contributed by atoms with Crippen LogP contribution in [0.3, 0.4) is 0 Å². The minimum atomic E-state index is -0.673. The van der Waals surface area contributed by atoms with Gasteiger partial charge in [-0.3, -0.25) is 0 Å². The highest BCUT2D eigenvalue weighted by molar-refractivity contribution is 5.48. The van der Waals surface area contributed by atoms with Crippen LogP contribution in [0.15, 0.2) is 24.3 Å². The van der Waals surface area contributed by atoms with E-state index in [1.165, 1.54) is 0 Å². The summed E-state index contributed by atoms with van der Waals surface area (Å²) >= 11 is 0. The first-order valence-corrected chi connectivity index (χ1v) is 6.70. The first-order valence-electron chi connectivity index (χ1n) is 6.70. The normalized spacial score (nSPS) is 15.8. The topological polar surface area (TPSA) is 41.5 Å². The Morgan fingerprint density at radius 3 is 2.72 bits per heavy atom. The Balaban J connectivity index is 2.59. The van der Waals surface area contributed by atoms with Gasteiger partial charge in [0.05, 0.1) is 11.7 Å². The van der Waals surface area contributed by atoms with E-state index in [2.05, 4.69) is 19.2 Å². The Morgan fingerprint density at radius 1 is 1.39 bits per heavy atom. The van der Waals surface area contributed by atoms with Gasteiger partial charge >= 0.3 is 0 Å². The van der Waals surface area contributed by atoms with Crippen LogP contribution in [0.5, 0.6) is 5.75 Å². The molecule has 0 amide bonds. The van der Waals surface area contributed by atoms with Crippen molar-refractivity contribution >= 4 is 5.69 Å². The summed E-state index contributed by atoms with van der Waals surface area (Å²) in [6.07, 6.45) is 1.93. The maximum absolute atomic E-state index is 9.94. The zero-order valence-electron chi connectivity index (χ0n) is 11.9. The number of nitrogens with one attached hydrogen (secondary N) is 1. The highest BCUT2D eigenvalue weighted by Crippen LogP contribution is 2.20. The fourth-order valence-corrected chi connectivity index (χ4v) is 1.41. The smallest absolute Gasteiger partial charge is 0.121 e. The Kier molecular flexibility index (Phi) is 5.48. The van der Waals surface area contributed by atoms with Gasteiger partial charge in [0.2, 0.25) is 0 Å². The van der Waals surface area contributed by atoms with Crippen LogP contribution in [-0.4, -0.2) is 23.4 Å². The van der Waals surface area contributed by atoms with Crippen molar-refractivity contribution in [3.63, 3.8) is 0 Å². The summed E-state index contributed by atoms with van der Waals surface area (Å²) in [7, 11) is 0. The fraction of sp³-hybridized carbons (Fsp3) is 0.600. The summed E-state index contributed by atoms with van der Waals surface area (Å²) in [4.78, 5) is 0. The Bertz CT molecular complexity index is 363. The van der Waals surface area contributed by atoms with Crippen LogP contribution in [0, 0.1) is 0 Å². The summed E-state index contributed by atoms with van der Waals surface area (Å²) in [5.74, 6) is 0.866. The minimum Gasteiger partial charge on any atom is -0.491 e. The van der Waals surface area contributed by atoms with Crippen LogP contribution in [0.4, 0.5) is 5.69 Å². The lowest BCUT2D eigenvalue weighted by molar-refractivity contribution is 0.0697.